The molecule has 2 aromatic rings. The molecule has 0 atom stereocenters. The second kappa shape index (κ2) is 10.7. The third-order valence-corrected chi connectivity index (χ3v) is 11.9. The molecule has 2 aromatic carbocycles. The number of rotatable bonds is 7. The van der Waals surface area contributed by atoms with E-state index in [0.717, 1.165) is 38.4 Å². The standard InChI is InChI=1S/C26H31IO4/c28-24(27-11-13-31-14-12-27)18-22-15-19(17-25(29)30)16-23(20-7-3-1-4-8-20)26(22)21-9-5-2-6-10-21/h2,5-6,9-10,15-16,20H,1,3-4,7-8,11-14,17-18H2,(H,29,30). The van der Waals surface area contributed by atoms with Gasteiger partial charge >= 0.3 is 192 Å². The first-order valence-electron chi connectivity index (χ1n) is 11.3. The van der Waals surface area contributed by atoms with E-state index in [2.05, 4.69) is 18.2 Å². The van der Waals surface area contributed by atoms with Crippen molar-refractivity contribution in [1.82, 2.24) is 0 Å². The van der Waals surface area contributed by atoms with Crippen molar-refractivity contribution in [2.24, 2.45) is 0 Å². The van der Waals surface area contributed by atoms with Crippen LogP contribution in [0, 0.1) is 0 Å². The third kappa shape index (κ3) is 5.75. The summed E-state index contributed by atoms with van der Waals surface area (Å²) in [7, 11) is 0. The van der Waals surface area contributed by atoms with Gasteiger partial charge in [0.15, 0.2) is 0 Å². The number of hydrogen-bond donors (Lipinski definition) is 1. The van der Waals surface area contributed by atoms with Crippen molar-refractivity contribution in [2.75, 3.05) is 22.1 Å². The van der Waals surface area contributed by atoms with Gasteiger partial charge in [0, 0.05) is 0 Å². The second-order valence-corrected chi connectivity index (χ2v) is 14.4. The zero-order valence-corrected chi connectivity index (χ0v) is 20.1. The number of carbonyl (C=O) groups is 2. The Labute approximate surface area is 191 Å². The van der Waals surface area contributed by atoms with Crippen molar-refractivity contribution < 1.29 is 19.4 Å². The number of halogens is 1. The van der Waals surface area contributed by atoms with E-state index in [4.69, 9.17) is 4.74 Å². The Morgan fingerprint density at radius 1 is 0.968 bits per heavy atom. The first-order valence-corrected chi connectivity index (χ1v) is 15.4. The monoisotopic (exact) mass is 534 g/mol. The summed E-state index contributed by atoms with van der Waals surface area (Å²) < 4.78 is 7.76. The number of benzene rings is 2. The molecule has 0 spiro atoms. The van der Waals surface area contributed by atoms with Crippen LogP contribution in [0.25, 0.3) is 11.1 Å². The van der Waals surface area contributed by atoms with Gasteiger partial charge < -0.3 is 0 Å². The van der Waals surface area contributed by atoms with E-state index in [1.165, 1.54) is 30.4 Å². The Hall–Kier alpha value is -1.73. The predicted molar refractivity (Wildman–Crippen MR) is 132 cm³/mol. The van der Waals surface area contributed by atoms with E-state index in [9.17, 15) is 14.7 Å². The van der Waals surface area contributed by atoms with E-state index >= 15 is 0 Å². The Morgan fingerprint density at radius 3 is 2.35 bits per heavy atom. The maximum atomic E-state index is 13.3. The van der Waals surface area contributed by atoms with Crippen LogP contribution in [-0.2, 0) is 27.2 Å². The number of carboxylic acids is 1. The summed E-state index contributed by atoms with van der Waals surface area (Å²) in [4.78, 5) is 24.8. The second-order valence-electron chi connectivity index (χ2n) is 8.47. The van der Waals surface area contributed by atoms with Crippen LogP contribution >= 0.6 is 19.8 Å². The van der Waals surface area contributed by atoms with Crippen molar-refractivity contribution in [3.05, 3.63) is 59.2 Å². The molecule has 0 aromatic heterocycles. The van der Waals surface area contributed by atoms with Crippen molar-refractivity contribution in [3.8, 4) is 11.1 Å². The van der Waals surface area contributed by atoms with Crippen LogP contribution in [0.5, 0.6) is 0 Å². The summed E-state index contributed by atoms with van der Waals surface area (Å²) >= 11 is -1.67. The van der Waals surface area contributed by atoms with Crippen LogP contribution in [0.3, 0.4) is 0 Å². The summed E-state index contributed by atoms with van der Waals surface area (Å²) in [6.45, 7) is 1.43. The van der Waals surface area contributed by atoms with E-state index < -0.39 is 25.8 Å². The Bertz CT molecular complexity index is 913. The molecule has 1 saturated heterocycles. The first kappa shape index (κ1) is 22.5. The average molecular weight is 534 g/mol. The van der Waals surface area contributed by atoms with Gasteiger partial charge in [-0.2, -0.15) is 0 Å². The molecule has 4 nitrogen and oxygen atoms in total. The van der Waals surface area contributed by atoms with Crippen LogP contribution in [0.15, 0.2) is 42.5 Å². The van der Waals surface area contributed by atoms with Gasteiger partial charge in [-0.3, -0.25) is 0 Å². The number of carboxylic acid groups (broad SMARTS) is 1. The fraction of sp³-hybridized carbons (Fsp3) is 0.462. The summed E-state index contributed by atoms with van der Waals surface area (Å²) in [6, 6.07) is 14.5. The molecule has 1 aliphatic heterocycles. The molecule has 1 aliphatic carbocycles. The van der Waals surface area contributed by atoms with E-state index in [0.29, 0.717) is 29.3 Å². The molecule has 0 amide bonds. The van der Waals surface area contributed by atoms with E-state index in [1.807, 2.05) is 24.3 Å². The predicted octanol–water partition coefficient (Wildman–Crippen LogP) is 5.63. The van der Waals surface area contributed by atoms with E-state index in [-0.39, 0.29) is 6.42 Å². The summed E-state index contributed by atoms with van der Waals surface area (Å²) in [5.74, 6) is -0.382. The molecule has 0 unspecified atom stereocenters. The number of hydrogen-bond acceptors (Lipinski definition) is 3. The molecule has 166 valence electrons. The first-order chi connectivity index (χ1) is 15.1. The fourth-order valence-electron chi connectivity index (χ4n) is 4.85. The Morgan fingerprint density at radius 2 is 1.68 bits per heavy atom. The minimum atomic E-state index is -1.67. The molecule has 5 heteroatoms. The number of alkyl halides is 2. The number of ether oxygens (including phenoxy) is 1. The molecule has 1 saturated carbocycles. The molecule has 2 aliphatic rings. The van der Waals surface area contributed by atoms with Crippen LogP contribution in [0.4, 0.5) is 0 Å². The zero-order chi connectivity index (χ0) is 21.6. The molecule has 0 bridgehead atoms. The van der Waals surface area contributed by atoms with Gasteiger partial charge in [-0.1, -0.05) is 0 Å². The summed E-state index contributed by atoms with van der Waals surface area (Å²) in [5.41, 5.74) is 5.43. The SMILES string of the molecule is O=C(O)Cc1cc(CC(=O)I2CCOCC2)c(-c2ccccc2)c(C2CCCCC2)c1. The van der Waals surface area contributed by atoms with Gasteiger partial charge in [0.25, 0.3) is 0 Å². The van der Waals surface area contributed by atoms with Gasteiger partial charge in [0.1, 0.15) is 0 Å². The van der Waals surface area contributed by atoms with Gasteiger partial charge in [-0.15, -0.1) is 0 Å². The van der Waals surface area contributed by atoms with Crippen LogP contribution in [0.2, 0.25) is 0 Å². The van der Waals surface area contributed by atoms with Gasteiger partial charge in [0.2, 0.25) is 0 Å². The van der Waals surface area contributed by atoms with Gasteiger partial charge in [-0.05, 0) is 0 Å². The molecule has 1 N–H and O–H groups in total. The molecule has 2 fully saturated rings. The normalized spacial score (nSPS) is 18.6. The molecule has 1 heterocycles. The summed E-state index contributed by atoms with van der Waals surface area (Å²) in [6.07, 6.45) is 6.42. The molecule has 4 rings (SSSR count). The van der Waals surface area contributed by atoms with Crippen LogP contribution < -0.4 is 0 Å². The van der Waals surface area contributed by atoms with Crippen molar-refractivity contribution >= 4 is 29.6 Å². The van der Waals surface area contributed by atoms with Crippen molar-refractivity contribution in [1.29, 1.82) is 0 Å². The van der Waals surface area contributed by atoms with Crippen molar-refractivity contribution in [3.63, 3.8) is 0 Å². The van der Waals surface area contributed by atoms with Gasteiger partial charge in [0.05, 0.1) is 0 Å². The molecular weight excluding hydrogens is 503 g/mol. The van der Waals surface area contributed by atoms with Crippen LogP contribution in [-0.4, -0.2) is 36.9 Å². The molecule has 31 heavy (non-hydrogen) atoms. The molecule has 0 radical (unpaired) electrons. The van der Waals surface area contributed by atoms with Gasteiger partial charge in [-0.25, -0.2) is 0 Å². The number of aliphatic carboxylic acids is 1. The fourth-order valence-corrected chi connectivity index (χ4v) is 9.23. The topological polar surface area (TPSA) is 63.6 Å². The molecular formula is C26H31IO4. The van der Waals surface area contributed by atoms with Crippen LogP contribution in [0.1, 0.15) is 54.7 Å². The third-order valence-electron chi connectivity index (χ3n) is 6.30. The zero-order valence-electron chi connectivity index (χ0n) is 17.9. The summed E-state index contributed by atoms with van der Waals surface area (Å²) in [5, 5.41) is 9.46. The average Bonchev–Trinajstić information content (AvgIpc) is 2.80. The minimum absolute atomic E-state index is 0.00609. The number of carbonyl (C=O) groups excluding carboxylic acids is 1. The Balaban J connectivity index is 1.79. The van der Waals surface area contributed by atoms with Crippen molar-refractivity contribution in [2.45, 2.75) is 50.9 Å². The quantitative estimate of drug-likeness (QED) is 0.284. The maximum absolute atomic E-state index is 13.3. The Kier molecular flexibility index (Phi) is 7.77. The van der Waals surface area contributed by atoms with E-state index in [1.54, 1.807) is 0 Å².